The molecule has 0 atom stereocenters. The molecular formula is C4H9N3O9. The van der Waals surface area contributed by atoms with Gasteiger partial charge in [-0.1, -0.05) is 7.43 Å². The van der Waals surface area contributed by atoms with Crippen LogP contribution in [0.2, 0.25) is 0 Å². The Bertz CT molecular complexity index is 237. The lowest BCUT2D eigenvalue weighted by molar-refractivity contribution is -0.803. The highest BCUT2D eigenvalue weighted by Gasteiger charge is 2.17. The van der Waals surface area contributed by atoms with Crippen molar-refractivity contribution in [2.75, 3.05) is 13.2 Å². The quantitative estimate of drug-likeness (QED) is 0.408. The molecule has 0 spiro atoms. The smallest absolute Gasteiger partial charge is 0.294 e. The summed E-state index contributed by atoms with van der Waals surface area (Å²) in [6.45, 7) is -1.69. The van der Waals surface area contributed by atoms with Crippen LogP contribution in [0, 0.1) is 30.3 Å². The molecule has 0 fully saturated rings. The molecule has 0 aliphatic rings. The summed E-state index contributed by atoms with van der Waals surface area (Å²) in [5.74, 6) is 0. The van der Waals surface area contributed by atoms with E-state index in [0.29, 0.717) is 0 Å². The summed E-state index contributed by atoms with van der Waals surface area (Å²) in [6.07, 6.45) is -1.55. The summed E-state index contributed by atoms with van der Waals surface area (Å²) in [5.41, 5.74) is 0. The summed E-state index contributed by atoms with van der Waals surface area (Å²) in [6, 6.07) is 0. The summed E-state index contributed by atoms with van der Waals surface area (Å²) in [7, 11) is 0. The van der Waals surface area contributed by atoms with Gasteiger partial charge in [0.25, 0.3) is 15.3 Å². The maximum atomic E-state index is 9.83. The van der Waals surface area contributed by atoms with Crippen LogP contribution in [-0.2, 0) is 14.5 Å². The zero-order valence-electron chi connectivity index (χ0n) is 7.01. The van der Waals surface area contributed by atoms with E-state index >= 15 is 0 Å². The van der Waals surface area contributed by atoms with Crippen LogP contribution in [0.3, 0.4) is 0 Å². The second-order valence-corrected chi connectivity index (χ2v) is 1.99. The Hall–Kier alpha value is -2.40. The standard InChI is InChI=1S/C3H5N3O9.CH4/c7-4(8)13-1-3(15-6(11)12)2-14-5(9)10;/h3H,1-2H2;1H4. The van der Waals surface area contributed by atoms with Crippen molar-refractivity contribution in [2.45, 2.75) is 13.5 Å². The van der Waals surface area contributed by atoms with Gasteiger partial charge in [0.05, 0.1) is 0 Å². The van der Waals surface area contributed by atoms with Crippen molar-refractivity contribution in [2.24, 2.45) is 0 Å². The highest BCUT2D eigenvalue weighted by atomic mass is 17.0. The molecule has 0 rings (SSSR count). The minimum Gasteiger partial charge on any atom is -0.311 e. The van der Waals surface area contributed by atoms with Gasteiger partial charge in [-0.2, -0.15) is 0 Å². The Balaban J connectivity index is 0. The van der Waals surface area contributed by atoms with Gasteiger partial charge in [0, 0.05) is 0 Å². The molecule has 0 aromatic heterocycles. The molecule has 0 aromatic rings. The monoisotopic (exact) mass is 243 g/mol. The summed E-state index contributed by atoms with van der Waals surface area (Å²) < 4.78 is 0. The first kappa shape index (κ1) is 16.0. The Kier molecular flexibility index (Phi) is 7.98. The average Bonchev–Trinajstić information content (AvgIpc) is 2.08. The molecule has 0 aliphatic carbocycles. The molecule has 16 heavy (non-hydrogen) atoms. The van der Waals surface area contributed by atoms with E-state index in [1.807, 2.05) is 0 Å². The molecular weight excluding hydrogens is 234 g/mol. The van der Waals surface area contributed by atoms with Crippen molar-refractivity contribution >= 4 is 0 Å². The topological polar surface area (TPSA) is 157 Å². The Morgan fingerprint density at radius 1 is 0.875 bits per heavy atom. The fraction of sp³-hybridized carbons (Fsp3) is 1.00. The van der Waals surface area contributed by atoms with E-state index in [9.17, 15) is 30.3 Å². The highest BCUT2D eigenvalue weighted by molar-refractivity contribution is 4.49. The van der Waals surface area contributed by atoms with E-state index < -0.39 is 34.6 Å². The zero-order chi connectivity index (χ0) is 11.8. The molecule has 0 N–H and O–H groups in total. The SMILES string of the molecule is C.O=[N+]([O-])OCC(CO[N+](=O)[O-])O[N+](=O)[O-]. The number of hydrogen-bond donors (Lipinski definition) is 0. The van der Waals surface area contributed by atoms with Gasteiger partial charge in [-0.05, 0) is 0 Å². The fourth-order valence-electron chi connectivity index (χ4n) is 0.519. The van der Waals surface area contributed by atoms with Crippen LogP contribution >= 0.6 is 0 Å². The van der Waals surface area contributed by atoms with Crippen molar-refractivity contribution in [3.05, 3.63) is 30.3 Å². The normalized spacial score (nSPS) is 8.81. The number of hydrogen-bond acceptors (Lipinski definition) is 9. The van der Waals surface area contributed by atoms with Gasteiger partial charge in [0.2, 0.25) is 0 Å². The molecule has 12 nitrogen and oxygen atoms in total. The third kappa shape index (κ3) is 9.69. The van der Waals surface area contributed by atoms with Gasteiger partial charge in [0.1, 0.15) is 13.2 Å². The Morgan fingerprint density at radius 2 is 1.25 bits per heavy atom. The molecule has 0 saturated carbocycles. The molecule has 0 unspecified atom stereocenters. The minimum atomic E-state index is -1.55. The van der Waals surface area contributed by atoms with Crippen LogP contribution < -0.4 is 0 Å². The van der Waals surface area contributed by atoms with E-state index in [-0.39, 0.29) is 7.43 Å². The van der Waals surface area contributed by atoms with Crippen LogP contribution in [0.25, 0.3) is 0 Å². The van der Waals surface area contributed by atoms with E-state index in [0.717, 1.165) is 0 Å². The first-order valence-corrected chi connectivity index (χ1v) is 3.27. The van der Waals surface area contributed by atoms with Crippen molar-refractivity contribution in [3.8, 4) is 0 Å². The van der Waals surface area contributed by atoms with Gasteiger partial charge in [-0.25, -0.2) is 0 Å². The molecule has 12 heteroatoms. The van der Waals surface area contributed by atoms with Crippen LogP contribution in [-0.4, -0.2) is 34.6 Å². The van der Waals surface area contributed by atoms with Gasteiger partial charge in [-0.3, -0.25) is 0 Å². The lowest BCUT2D eigenvalue weighted by Crippen LogP contribution is -2.30. The molecule has 0 radical (unpaired) electrons. The largest absolute Gasteiger partial charge is 0.311 e. The summed E-state index contributed by atoms with van der Waals surface area (Å²) in [5, 5.41) is 25.5. The molecule has 94 valence electrons. The maximum absolute atomic E-state index is 9.83. The predicted molar refractivity (Wildman–Crippen MR) is 44.5 cm³/mol. The number of nitrogens with zero attached hydrogens (tertiary/aromatic N) is 3. The van der Waals surface area contributed by atoms with E-state index in [1.165, 1.54) is 0 Å². The summed E-state index contributed by atoms with van der Waals surface area (Å²) in [4.78, 5) is 40.5. The minimum absolute atomic E-state index is 0. The second-order valence-electron chi connectivity index (χ2n) is 1.99. The molecule has 0 saturated heterocycles. The molecule has 0 amide bonds. The van der Waals surface area contributed by atoms with Crippen LogP contribution in [0.15, 0.2) is 0 Å². The molecule has 0 heterocycles. The van der Waals surface area contributed by atoms with Crippen LogP contribution in [0.4, 0.5) is 0 Å². The van der Waals surface area contributed by atoms with Crippen molar-refractivity contribution < 1.29 is 29.8 Å². The molecule has 0 bridgehead atoms. The Labute approximate surface area is 88.0 Å². The predicted octanol–water partition coefficient (Wildman–Crippen LogP) is -0.384. The van der Waals surface area contributed by atoms with Gasteiger partial charge in [-0.15, -0.1) is 30.3 Å². The van der Waals surface area contributed by atoms with Gasteiger partial charge < -0.3 is 14.5 Å². The van der Waals surface area contributed by atoms with E-state index in [2.05, 4.69) is 14.5 Å². The molecule has 0 aromatic carbocycles. The molecule has 0 aliphatic heterocycles. The van der Waals surface area contributed by atoms with Gasteiger partial charge in [0.15, 0.2) is 6.10 Å². The van der Waals surface area contributed by atoms with Crippen molar-refractivity contribution in [3.63, 3.8) is 0 Å². The zero-order valence-corrected chi connectivity index (χ0v) is 7.01. The van der Waals surface area contributed by atoms with E-state index in [4.69, 9.17) is 0 Å². The van der Waals surface area contributed by atoms with Gasteiger partial charge >= 0.3 is 0 Å². The van der Waals surface area contributed by atoms with Crippen molar-refractivity contribution in [1.82, 2.24) is 0 Å². The average molecular weight is 243 g/mol. The lowest BCUT2D eigenvalue weighted by atomic mass is 10.4. The lowest BCUT2D eigenvalue weighted by Gasteiger charge is -2.11. The second kappa shape index (κ2) is 7.95. The van der Waals surface area contributed by atoms with Crippen molar-refractivity contribution in [1.29, 1.82) is 0 Å². The first-order valence-electron chi connectivity index (χ1n) is 3.27. The van der Waals surface area contributed by atoms with Crippen LogP contribution in [0.1, 0.15) is 7.43 Å². The number of rotatable bonds is 8. The third-order valence-electron chi connectivity index (χ3n) is 0.967. The highest BCUT2D eigenvalue weighted by Crippen LogP contribution is 1.96. The maximum Gasteiger partial charge on any atom is 0.294 e. The first-order chi connectivity index (χ1) is 6.91. The fourth-order valence-corrected chi connectivity index (χ4v) is 0.519. The third-order valence-corrected chi connectivity index (χ3v) is 0.967. The summed E-state index contributed by atoms with van der Waals surface area (Å²) >= 11 is 0. The Morgan fingerprint density at radius 3 is 1.50 bits per heavy atom. The van der Waals surface area contributed by atoms with Crippen LogP contribution in [0.5, 0.6) is 0 Å². The van der Waals surface area contributed by atoms with E-state index in [1.54, 1.807) is 0 Å².